The maximum atomic E-state index is 13.2. The van der Waals surface area contributed by atoms with E-state index in [9.17, 15) is 43.2 Å². The molecule has 5 atom stereocenters. The van der Waals surface area contributed by atoms with Gasteiger partial charge in [0.1, 0.15) is 19.3 Å². The average Bonchev–Trinajstić information content (AvgIpc) is 0.898. The molecule has 0 radical (unpaired) electrons. The lowest BCUT2D eigenvalue weighted by Gasteiger charge is -2.21. The van der Waals surface area contributed by atoms with Crippen LogP contribution in [0.15, 0.2) is 0 Å². The SMILES string of the molecule is CCCCCCCCCCCCCCCCCCCCCCCCC(=O)O[C@H](COC(=O)CCCCCCCCCCCCCCCCCCCC)COP(=O)(O)OC[C@@H](O)COP(=O)(O)OC[C@@H](COC(=O)CCCCCCCCCCCC(C)C)OC(=O)CCCCCCCCCCCCCCCCCCCC. The summed E-state index contributed by atoms with van der Waals surface area (Å²) in [6.07, 6.45) is 79.3. The number of phosphoric ester groups is 2. The van der Waals surface area contributed by atoms with Crippen molar-refractivity contribution in [2.75, 3.05) is 39.6 Å². The van der Waals surface area contributed by atoms with Gasteiger partial charge in [0.05, 0.1) is 26.4 Å². The lowest BCUT2D eigenvalue weighted by atomic mass is 10.0. The number of aliphatic hydroxyl groups is 1. The molecule has 0 amide bonds. The highest BCUT2D eigenvalue weighted by atomic mass is 31.2. The Balaban J connectivity index is 5.24. The van der Waals surface area contributed by atoms with Crippen LogP contribution in [0.3, 0.4) is 0 Å². The number of rotatable bonds is 91. The summed E-state index contributed by atoms with van der Waals surface area (Å²) >= 11 is 0. The molecule has 0 spiro atoms. The van der Waals surface area contributed by atoms with Crippen LogP contribution in [0.4, 0.5) is 0 Å². The molecule has 0 saturated heterocycles. The predicted octanol–water partition coefficient (Wildman–Crippen LogP) is 28.3. The van der Waals surface area contributed by atoms with Gasteiger partial charge in [0, 0.05) is 25.7 Å². The van der Waals surface area contributed by atoms with E-state index in [1.54, 1.807) is 0 Å². The highest BCUT2D eigenvalue weighted by molar-refractivity contribution is 7.47. The van der Waals surface area contributed by atoms with Gasteiger partial charge >= 0.3 is 39.5 Å². The van der Waals surface area contributed by atoms with Gasteiger partial charge in [0.15, 0.2) is 12.2 Å². The zero-order valence-electron chi connectivity index (χ0n) is 72.4. The van der Waals surface area contributed by atoms with Crippen LogP contribution in [0, 0.1) is 5.92 Å². The van der Waals surface area contributed by atoms with Gasteiger partial charge in [-0.25, -0.2) is 9.13 Å². The van der Waals surface area contributed by atoms with Crippen molar-refractivity contribution in [1.29, 1.82) is 0 Å². The smallest absolute Gasteiger partial charge is 0.462 e. The molecule has 654 valence electrons. The quantitative estimate of drug-likeness (QED) is 0.0222. The molecule has 3 N–H and O–H groups in total. The second-order valence-corrected chi connectivity index (χ2v) is 36.1. The molecule has 0 aromatic heterocycles. The van der Waals surface area contributed by atoms with Crippen LogP contribution in [0.2, 0.25) is 0 Å². The van der Waals surface area contributed by atoms with Crippen molar-refractivity contribution >= 4 is 39.5 Å². The van der Waals surface area contributed by atoms with Gasteiger partial charge in [0.2, 0.25) is 0 Å². The van der Waals surface area contributed by atoms with Crippen molar-refractivity contribution in [2.24, 2.45) is 5.92 Å². The molecule has 0 fully saturated rings. The van der Waals surface area contributed by atoms with Crippen LogP contribution in [0.5, 0.6) is 0 Å². The molecule has 110 heavy (non-hydrogen) atoms. The van der Waals surface area contributed by atoms with Gasteiger partial charge in [-0.2, -0.15) is 0 Å². The molecule has 2 unspecified atom stereocenters. The van der Waals surface area contributed by atoms with Gasteiger partial charge in [0.25, 0.3) is 0 Å². The number of hydrogen-bond donors (Lipinski definition) is 3. The van der Waals surface area contributed by atoms with Crippen molar-refractivity contribution in [1.82, 2.24) is 0 Å². The number of ether oxygens (including phenoxy) is 4. The first-order chi connectivity index (χ1) is 53.5. The third-order valence-electron chi connectivity index (χ3n) is 21.5. The largest absolute Gasteiger partial charge is 0.472 e. The maximum absolute atomic E-state index is 13.2. The minimum Gasteiger partial charge on any atom is -0.462 e. The zero-order chi connectivity index (χ0) is 80.4. The first kappa shape index (κ1) is 108. The van der Waals surface area contributed by atoms with E-state index in [0.29, 0.717) is 25.7 Å². The number of carbonyl (C=O) groups excluding carboxylic acids is 4. The summed E-state index contributed by atoms with van der Waals surface area (Å²) in [5.41, 5.74) is 0. The Bertz CT molecular complexity index is 2080. The van der Waals surface area contributed by atoms with Crippen LogP contribution in [0.1, 0.15) is 497 Å². The van der Waals surface area contributed by atoms with E-state index in [0.717, 1.165) is 95.8 Å². The summed E-state index contributed by atoms with van der Waals surface area (Å²) in [5.74, 6) is -1.35. The number of aliphatic hydroxyl groups excluding tert-OH is 1. The van der Waals surface area contributed by atoms with Crippen molar-refractivity contribution in [3.05, 3.63) is 0 Å². The summed E-state index contributed by atoms with van der Waals surface area (Å²) in [6.45, 7) is 7.38. The second kappa shape index (κ2) is 83.5. The van der Waals surface area contributed by atoms with E-state index < -0.39 is 97.5 Å². The highest BCUT2D eigenvalue weighted by Gasteiger charge is 2.31. The summed E-state index contributed by atoms with van der Waals surface area (Å²) in [6, 6.07) is 0. The first-order valence-corrected chi connectivity index (χ1v) is 50.1. The lowest BCUT2D eigenvalue weighted by molar-refractivity contribution is -0.161. The van der Waals surface area contributed by atoms with Crippen LogP contribution in [-0.2, 0) is 65.4 Å². The van der Waals surface area contributed by atoms with E-state index in [2.05, 4.69) is 34.6 Å². The van der Waals surface area contributed by atoms with Crippen molar-refractivity contribution in [3.8, 4) is 0 Å². The molecule has 0 aliphatic heterocycles. The normalized spacial score (nSPS) is 13.7. The fourth-order valence-corrected chi connectivity index (χ4v) is 15.9. The standard InChI is InChI=1S/C91H178O17P2/c1-6-9-12-15-18-21-24-27-30-33-36-37-38-39-42-45-48-51-56-62-67-72-76-90(95)107-86(80-101-88(93)74-69-64-59-54-49-46-43-40-34-31-28-25-22-19-16-13-10-7-2)82-105-109(97,98)103-78-85(92)79-104-110(99,100)106-83-87(81-102-89(94)75-70-65-60-57-52-53-58-63-68-73-84(4)5)108-91(96)77-71-66-61-55-50-47-44-41-35-32-29-26-23-20-17-14-11-8-3/h84-87,92H,6-83H2,1-5H3,(H,97,98)(H,99,100)/t85-,86-,87-/m1/s1. The third-order valence-corrected chi connectivity index (χ3v) is 23.4. The molecule has 0 heterocycles. The molecule has 0 aliphatic rings. The van der Waals surface area contributed by atoms with Crippen LogP contribution in [-0.4, -0.2) is 96.7 Å². The minimum absolute atomic E-state index is 0.109. The highest BCUT2D eigenvalue weighted by Crippen LogP contribution is 2.45. The molecule has 0 saturated carbocycles. The molecule has 19 heteroatoms. The van der Waals surface area contributed by atoms with E-state index in [1.165, 1.54) is 321 Å². The number of phosphoric acid groups is 2. The van der Waals surface area contributed by atoms with E-state index in [-0.39, 0.29) is 25.7 Å². The van der Waals surface area contributed by atoms with Crippen molar-refractivity contribution in [2.45, 2.75) is 515 Å². The van der Waals surface area contributed by atoms with E-state index in [4.69, 9.17) is 37.0 Å². The molecule has 0 aromatic rings. The Hall–Kier alpha value is -1.94. The monoisotopic (exact) mass is 1610 g/mol. The second-order valence-electron chi connectivity index (χ2n) is 33.2. The van der Waals surface area contributed by atoms with Crippen LogP contribution < -0.4 is 0 Å². The van der Waals surface area contributed by atoms with E-state index >= 15 is 0 Å². The van der Waals surface area contributed by atoms with Gasteiger partial charge < -0.3 is 33.8 Å². The number of hydrogen-bond acceptors (Lipinski definition) is 15. The zero-order valence-corrected chi connectivity index (χ0v) is 74.2. The Morgan fingerprint density at radius 1 is 0.245 bits per heavy atom. The fraction of sp³-hybridized carbons (Fsp3) is 0.956. The molecular formula is C91H178O17P2. The maximum Gasteiger partial charge on any atom is 0.472 e. The van der Waals surface area contributed by atoms with Crippen LogP contribution in [0.25, 0.3) is 0 Å². The summed E-state index contributed by atoms with van der Waals surface area (Å²) in [7, 11) is -9.94. The fourth-order valence-electron chi connectivity index (χ4n) is 14.4. The summed E-state index contributed by atoms with van der Waals surface area (Å²) < 4.78 is 69.1. The van der Waals surface area contributed by atoms with E-state index in [1.807, 2.05) is 0 Å². The Morgan fingerprint density at radius 3 is 0.618 bits per heavy atom. The molecule has 0 aliphatic carbocycles. The Kier molecular flexibility index (Phi) is 82.1. The first-order valence-electron chi connectivity index (χ1n) is 47.1. The summed E-state index contributed by atoms with van der Waals surface area (Å²) in [4.78, 5) is 73.4. The number of carbonyl (C=O) groups is 4. The number of esters is 4. The third kappa shape index (κ3) is 84.0. The summed E-state index contributed by atoms with van der Waals surface area (Å²) in [5, 5.41) is 10.7. The van der Waals surface area contributed by atoms with Crippen molar-refractivity contribution in [3.63, 3.8) is 0 Å². The van der Waals surface area contributed by atoms with Gasteiger partial charge in [-0.05, 0) is 31.6 Å². The minimum atomic E-state index is -4.97. The predicted molar refractivity (Wildman–Crippen MR) is 455 cm³/mol. The molecule has 0 bridgehead atoms. The van der Waals surface area contributed by atoms with Gasteiger partial charge in [-0.3, -0.25) is 37.3 Å². The average molecular weight is 1610 g/mol. The van der Waals surface area contributed by atoms with Crippen LogP contribution >= 0.6 is 15.6 Å². The van der Waals surface area contributed by atoms with Gasteiger partial charge in [-0.1, -0.05) is 446 Å². The Labute approximate surface area is 677 Å². The molecular weight excluding hydrogens is 1430 g/mol. The number of unbranched alkanes of at least 4 members (excludes halogenated alkanes) is 63. The molecule has 0 rings (SSSR count). The van der Waals surface area contributed by atoms with Crippen molar-refractivity contribution < 1.29 is 80.2 Å². The topological polar surface area (TPSA) is 237 Å². The Morgan fingerprint density at radius 2 is 0.418 bits per heavy atom. The molecule has 0 aromatic carbocycles. The van der Waals surface area contributed by atoms with Gasteiger partial charge in [-0.15, -0.1) is 0 Å². The molecule has 17 nitrogen and oxygen atoms in total. The lowest BCUT2D eigenvalue weighted by Crippen LogP contribution is -2.30.